The lowest BCUT2D eigenvalue weighted by Crippen LogP contribution is -2.30. The zero-order chi connectivity index (χ0) is 26.5. The highest BCUT2D eigenvalue weighted by molar-refractivity contribution is 7.92. The number of anilines is 1. The molecule has 6 nitrogen and oxygen atoms in total. The summed E-state index contributed by atoms with van der Waals surface area (Å²) in [5, 5.41) is 4.42. The molecule has 1 N–H and O–H groups in total. The number of hydrogen-bond acceptors (Lipinski definition) is 4. The summed E-state index contributed by atoms with van der Waals surface area (Å²) < 4.78 is 45.5. The van der Waals surface area contributed by atoms with Gasteiger partial charge in [-0.25, -0.2) is 12.8 Å². The average Bonchev–Trinajstić information content (AvgIpc) is 3.58. The number of aromatic nitrogens is 2. The SMILES string of the molecule is CCCn1cc(CN2CCc3cc(S(=O)(=O)Nc4ccc(CCCC5CCCC5)cc4F)ccc3C2)cn1. The second-order valence-corrected chi connectivity index (χ2v) is 12.6. The molecule has 5 rings (SSSR count). The molecule has 2 aromatic carbocycles. The molecular formula is C30H39FN4O2S. The van der Waals surface area contributed by atoms with Crippen LogP contribution in [0, 0.1) is 11.7 Å². The Morgan fingerprint density at radius 3 is 2.71 bits per heavy atom. The summed E-state index contributed by atoms with van der Waals surface area (Å²) >= 11 is 0. The van der Waals surface area contributed by atoms with Gasteiger partial charge >= 0.3 is 0 Å². The van der Waals surface area contributed by atoms with Crippen molar-refractivity contribution in [3.8, 4) is 0 Å². The van der Waals surface area contributed by atoms with Gasteiger partial charge in [-0.1, -0.05) is 51.2 Å². The van der Waals surface area contributed by atoms with Crippen molar-refractivity contribution in [3.05, 3.63) is 76.9 Å². The monoisotopic (exact) mass is 538 g/mol. The third kappa shape index (κ3) is 6.64. The summed E-state index contributed by atoms with van der Waals surface area (Å²) in [5.41, 5.74) is 4.26. The first kappa shape index (κ1) is 26.9. The Morgan fingerprint density at radius 1 is 1.08 bits per heavy atom. The van der Waals surface area contributed by atoms with E-state index in [-0.39, 0.29) is 10.6 Å². The largest absolute Gasteiger partial charge is 0.294 e. The van der Waals surface area contributed by atoms with Gasteiger partial charge in [0.15, 0.2) is 0 Å². The van der Waals surface area contributed by atoms with Gasteiger partial charge in [0.1, 0.15) is 5.82 Å². The standard InChI is InChI=1S/C30H39FN4O2S/c1-2-15-35-21-25(19-32-35)20-34-16-14-26-18-28(12-11-27(26)22-34)38(36,37)33-30-13-10-24(17-29(30)31)9-5-8-23-6-3-4-7-23/h10-13,17-19,21,23,33H,2-9,14-16,20,22H2,1H3. The maximum atomic E-state index is 14.8. The van der Waals surface area contributed by atoms with Crippen LogP contribution in [-0.4, -0.2) is 29.6 Å². The van der Waals surface area contributed by atoms with Crippen molar-refractivity contribution in [1.82, 2.24) is 14.7 Å². The van der Waals surface area contributed by atoms with Crippen molar-refractivity contribution in [2.45, 2.75) is 89.2 Å². The number of hydrogen-bond donors (Lipinski definition) is 1. The molecule has 0 saturated heterocycles. The van der Waals surface area contributed by atoms with Crippen LogP contribution in [0.2, 0.25) is 0 Å². The van der Waals surface area contributed by atoms with Gasteiger partial charge in [0, 0.05) is 37.9 Å². The minimum Gasteiger partial charge on any atom is -0.294 e. The fraction of sp³-hybridized carbons (Fsp3) is 0.500. The van der Waals surface area contributed by atoms with Crippen molar-refractivity contribution in [2.75, 3.05) is 11.3 Å². The van der Waals surface area contributed by atoms with E-state index in [1.165, 1.54) is 43.7 Å². The fourth-order valence-corrected chi connectivity index (χ4v) is 7.00. The number of benzene rings is 2. The number of fused-ring (bicyclic) bond motifs is 1. The average molecular weight is 539 g/mol. The molecule has 0 unspecified atom stereocenters. The van der Waals surface area contributed by atoms with Crippen molar-refractivity contribution in [3.63, 3.8) is 0 Å². The molecule has 204 valence electrons. The zero-order valence-corrected chi connectivity index (χ0v) is 23.1. The minimum absolute atomic E-state index is 0.00272. The predicted molar refractivity (Wildman–Crippen MR) is 149 cm³/mol. The van der Waals surface area contributed by atoms with Crippen LogP contribution in [0.15, 0.2) is 53.7 Å². The van der Waals surface area contributed by atoms with Gasteiger partial charge in [0.2, 0.25) is 0 Å². The Kier molecular flexibility index (Phi) is 8.48. The van der Waals surface area contributed by atoms with Crippen LogP contribution in [0.4, 0.5) is 10.1 Å². The van der Waals surface area contributed by atoms with E-state index in [1.807, 2.05) is 23.0 Å². The Hall–Kier alpha value is -2.71. The highest BCUT2D eigenvalue weighted by Gasteiger charge is 2.22. The number of nitrogens with one attached hydrogen (secondary N) is 1. The molecule has 0 radical (unpaired) electrons. The molecule has 1 saturated carbocycles. The third-order valence-corrected chi connectivity index (χ3v) is 9.32. The van der Waals surface area contributed by atoms with E-state index in [4.69, 9.17) is 0 Å². The lowest BCUT2D eigenvalue weighted by Gasteiger charge is -2.28. The van der Waals surface area contributed by atoms with Crippen molar-refractivity contribution in [1.29, 1.82) is 0 Å². The number of rotatable bonds is 11. The second-order valence-electron chi connectivity index (χ2n) is 11.0. The van der Waals surface area contributed by atoms with E-state index in [0.717, 1.165) is 74.5 Å². The fourth-order valence-electron chi connectivity index (χ4n) is 5.88. The Labute approximate surface area is 226 Å². The minimum atomic E-state index is -3.89. The lowest BCUT2D eigenvalue weighted by atomic mass is 9.98. The van der Waals surface area contributed by atoms with E-state index in [0.29, 0.717) is 0 Å². The van der Waals surface area contributed by atoms with Crippen LogP contribution in [0.5, 0.6) is 0 Å². The molecule has 0 spiro atoms. The number of nitrogens with zero attached hydrogens (tertiary/aromatic N) is 3. The molecular weight excluding hydrogens is 499 g/mol. The zero-order valence-electron chi connectivity index (χ0n) is 22.3. The molecule has 2 heterocycles. The van der Waals surface area contributed by atoms with Gasteiger partial charge in [0.25, 0.3) is 10.0 Å². The van der Waals surface area contributed by atoms with E-state index in [1.54, 1.807) is 18.2 Å². The summed E-state index contributed by atoms with van der Waals surface area (Å²) in [6.45, 7) is 5.49. The Bertz CT molecular complexity index is 1350. The summed E-state index contributed by atoms with van der Waals surface area (Å²) in [7, 11) is -3.89. The highest BCUT2D eigenvalue weighted by atomic mass is 32.2. The molecule has 1 aromatic heterocycles. The first-order valence-corrected chi connectivity index (χ1v) is 15.5. The molecule has 0 atom stereocenters. The summed E-state index contributed by atoms with van der Waals surface area (Å²) in [6.07, 6.45) is 14.2. The smallest absolute Gasteiger partial charge is 0.261 e. The van der Waals surface area contributed by atoms with E-state index < -0.39 is 15.8 Å². The Balaban J connectivity index is 1.19. The van der Waals surface area contributed by atoms with Crippen LogP contribution in [0.3, 0.4) is 0 Å². The molecule has 1 fully saturated rings. The van der Waals surface area contributed by atoms with Crippen molar-refractivity contribution in [2.24, 2.45) is 5.92 Å². The molecule has 8 heteroatoms. The highest BCUT2D eigenvalue weighted by Crippen LogP contribution is 2.30. The van der Waals surface area contributed by atoms with Crippen LogP contribution in [-0.2, 0) is 42.5 Å². The molecule has 1 aliphatic carbocycles. The Morgan fingerprint density at radius 2 is 1.92 bits per heavy atom. The predicted octanol–water partition coefficient (Wildman–Crippen LogP) is 6.30. The van der Waals surface area contributed by atoms with E-state index >= 15 is 0 Å². The van der Waals surface area contributed by atoms with Crippen LogP contribution >= 0.6 is 0 Å². The van der Waals surface area contributed by atoms with Crippen LogP contribution in [0.25, 0.3) is 0 Å². The lowest BCUT2D eigenvalue weighted by molar-refractivity contribution is 0.245. The van der Waals surface area contributed by atoms with Gasteiger partial charge in [-0.15, -0.1) is 0 Å². The molecule has 2 aliphatic rings. The molecule has 3 aromatic rings. The van der Waals surface area contributed by atoms with Gasteiger partial charge < -0.3 is 0 Å². The van der Waals surface area contributed by atoms with Crippen LogP contribution in [0.1, 0.15) is 74.1 Å². The van der Waals surface area contributed by atoms with Crippen molar-refractivity contribution < 1.29 is 12.8 Å². The summed E-state index contributed by atoms with van der Waals surface area (Å²) in [5.74, 6) is 0.295. The second kappa shape index (κ2) is 12.0. The third-order valence-electron chi connectivity index (χ3n) is 7.96. The van der Waals surface area contributed by atoms with Crippen molar-refractivity contribution >= 4 is 15.7 Å². The van der Waals surface area contributed by atoms with Gasteiger partial charge in [0.05, 0.1) is 16.8 Å². The van der Waals surface area contributed by atoms with E-state index in [2.05, 4.69) is 27.8 Å². The quantitative estimate of drug-likeness (QED) is 0.311. The topological polar surface area (TPSA) is 67.2 Å². The molecule has 38 heavy (non-hydrogen) atoms. The normalized spacial score (nSPS) is 16.6. The van der Waals surface area contributed by atoms with Gasteiger partial charge in [-0.2, -0.15) is 5.10 Å². The van der Waals surface area contributed by atoms with E-state index in [9.17, 15) is 12.8 Å². The number of halogens is 1. The number of sulfonamides is 1. The first-order chi connectivity index (χ1) is 18.4. The summed E-state index contributed by atoms with van der Waals surface area (Å²) in [4.78, 5) is 2.53. The number of aryl methyl sites for hydroxylation is 2. The maximum Gasteiger partial charge on any atom is 0.261 e. The van der Waals surface area contributed by atoms with Gasteiger partial charge in [-0.05, 0) is 72.6 Å². The maximum absolute atomic E-state index is 14.8. The first-order valence-electron chi connectivity index (χ1n) is 14.1. The van der Waals surface area contributed by atoms with Crippen LogP contribution < -0.4 is 4.72 Å². The van der Waals surface area contributed by atoms with Gasteiger partial charge in [-0.3, -0.25) is 14.3 Å². The summed E-state index contributed by atoms with van der Waals surface area (Å²) in [6, 6.07) is 10.1. The molecule has 0 bridgehead atoms. The molecule has 1 aliphatic heterocycles. The molecule has 0 amide bonds.